The molecule has 0 saturated carbocycles. The van der Waals surface area contributed by atoms with Crippen molar-refractivity contribution < 1.29 is 13.7 Å². The Kier molecular flexibility index (Phi) is 6.25. The number of aryl methyl sites for hydroxylation is 1. The van der Waals surface area contributed by atoms with E-state index in [1.807, 2.05) is 31.2 Å². The monoisotopic (exact) mass is 427 g/mol. The van der Waals surface area contributed by atoms with E-state index >= 15 is 0 Å². The Morgan fingerprint density at radius 2 is 1.97 bits per heavy atom. The Balaban J connectivity index is 1.44. The third-order valence-corrected chi connectivity index (χ3v) is 5.93. The van der Waals surface area contributed by atoms with Gasteiger partial charge in [0.1, 0.15) is 11.5 Å². The summed E-state index contributed by atoms with van der Waals surface area (Å²) < 4.78 is 11.2. The van der Waals surface area contributed by atoms with Crippen molar-refractivity contribution in [3.63, 3.8) is 0 Å². The number of carbonyl (C=O) groups is 1. The lowest BCUT2D eigenvalue weighted by Crippen LogP contribution is -2.41. The van der Waals surface area contributed by atoms with Crippen LogP contribution in [0.3, 0.4) is 0 Å². The van der Waals surface area contributed by atoms with Gasteiger partial charge in [-0.3, -0.25) is 9.69 Å². The van der Waals surface area contributed by atoms with Gasteiger partial charge in [-0.2, -0.15) is 0 Å². The van der Waals surface area contributed by atoms with Crippen molar-refractivity contribution in [2.75, 3.05) is 19.6 Å². The number of hydrogen-bond donors (Lipinski definition) is 1. The van der Waals surface area contributed by atoms with Crippen molar-refractivity contribution in [3.05, 3.63) is 64.7 Å². The second-order valence-electron chi connectivity index (χ2n) is 7.98. The molecule has 30 heavy (non-hydrogen) atoms. The summed E-state index contributed by atoms with van der Waals surface area (Å²) in [4.78, 5) is 15.1. The summed E-state index contributed by atoms with van der Waals surface area (Å²) in [6.45, 7) is 6.65. The van der Waals surface area contributed by atoms with Crippen molar-refractivity contribution >= 4 is 17.5 Å². The molecule has 1 fully saturated rings. The standard InChI is InChI=1S/C23H26ClN3O3/c1-15-9-11-27(12-10-15)20(21-8-3-16(2)29-21)14-25-23(28)19-13-22(30-26-19)17-4-6-18(24)7-5-17/h3-8,13,15,20H,9-12,14H2,1-2H3,(H,25,28). The maximum absolute atomic E-state index is 12.7. The molecular weight excluding hydrogens is 402 g/mol. The van der Waals surface area contributed by atoms with Crippen molar-refractivity contribution in [2.24, 2.45) is 5.92 Å². The molecule has 1 N–H and O–H groups in total. The van der Waals surface area contributed by atoms with Gasteiger partial charge in [0.2, 0.25) is 0 Å². The SMILES string of the molecule is Cc1ccc(C(CNC(=O)c2cc(-c3ccc(Cl)cc3)on2)N2CCC(C)CC2)o1. The third kappa shape index (κ3) is 4.77. The molecule has 2 aromatic heterocycles. The molecule has 3 aromatic rings. The van der Waals surface area contributed by atoms with Gasteiger partial charge in [-0.25, -0.2) is 0 Å². The highest BCUT2D eigenvalue weighted by molar-refractivity contribution is 6.30. The van der Waals surface area contributed by atoms with Crippen LogP contribution >= 0.6 is 11.6 Å². The zero-order chi connectivity index (χ0) is 21.1. The number of likely N-dealkylation sites (tertiary alicyclic amines) is 1. The second kappa shape index (κ2) is 9.06. The van der Waals surface area contributed by atoms with E-state index in [0.29, 0.717) is 17.3 Å². The van der Waals surface area contributed by atoms with Crippen LogP contribution in [0, 0.1) is 12.8 Å². The number of benzene rings is 1. The van der Waals surface area contributed by atoms with Crippen LogP contribution in [0.5, 0.6) is 0 Å². The normalized spacial score (nSPS) is 16.5. The highest BCUT2D eigenvalue weighted by Gasteiger charge is 2.27. The first-order chi connectivity index (χ1) is 14.5. The average Bonchev–Trinajstić information content (AvgIpc) is 3.39. The molecule has 0 radical (unpaired) electrons. The fraction of sp³-hybridized carbons (Fsp3) is 0.391. The summed E-state index contributed by atoms with van der Waals surface area (Å²) in [6.07, 6.45) is 2.30. The van der Waals surface area contributed by atoms with Crippen molar-refractivity contribution in [2.45, 2.75) is 32.7 Å². The van der Waals surface area contributed by atoms with Gasteiger partial charge in [-0.05, 0) is 75.2 Å². The molecule has 1 aliphatic heterocycles. The quantitative estimate of drug-likeness (QED) is 0.592. The molecule has 1 amide bonds. The van der Waals surface area contributed by atoms with Gasteiger partial charge < -0.3 is 14.3 Å². The Hall–Kier alpha value is -2.57. The Morgan fingerprint density at radius 3 is 2.63 bits per heavy atom. The fourth-order valence-electron chi connectivity index (χ4n) is 3.79. The smallest absolute Gasteiger partial charge is 0.273 e. The molecule has 6 nitrogen and oxygen atoms in total. The lowest BCUT2D eigenvalue weighted by atomic mass is 9.97. The van der Waals surface area contributed by atoms with E-state index in [0.717, 1.165) is 48.9 Å². The number of furan rings is 1. The lowest BCUT2D eigenvalue weighted by molar-refractivity contribution is 0.0887. The molecule has 0 aliphatic carbocycles. The van der Waals surface area contributed by atoms with Gasteiger partial charge in [-0.15, -0.1) is 0 Å². The molecule has 158 valence electrons. The number of nitrogens with zero attached hydrogens (tertiary/aromatic N) is 2. The second-order valence-corrected chi connectivity index (χ2v) is 8.41. The van der Waals surface area contributed by atoms with Crippen LogP contribution < -0.4 is 5.32 Å². The third-order valence-electron chi connectivity index (χ3n) is 5.68. The first-order valence-electron chi connectivity index (χ1n) is 10.3. The molecular formula is C23H26ClN3O3. The Morgan fingerprint density at radius 1 is 1.23 bits per heavy atom. The lowest BCUT2D eigenvalue weighted by Gasteiger charge is -2.35. The van der Waals surface area contributed by atoms with Crippen LogP contribution in [0.4, 0.5) is 0 Å². The molecule has 0 bridgehead atoms. The predicted octanol–water partition coefficient (Wildman–Crippen LogP) is 5.10. The summed E-state index contributed by atoms with van der Waals surface area (Å²) in [5, 5.41) is 7.58. The van der Waals surface area contributed by atoms with E-state index in [1.54, 1.807) is 18.2 Å². The van der Waals surface area contributed by atoms with Gasteiger partial charge in [0, 0.05) is 23.2 Å². The first-order valence-corrected chi connectivity index (χ1v) is 10.7. The van der Waals surface area contributed by atoms with Crippen LogP contribution in [0.1, 0.15) is 47.8 Å². The van der Waals surface area contributed by atoms with Crippen LogP contribution in [0.15, 0.2) is 51.4 Å². The highest BCUT2D eigenvalue weighted by Crippen LogP contribution is 2.28. The minimum Gasteiger partial charge on any atom is -0.465 e. The molecule has 0 spiro atoms. The van der Waals surface area contributed by atoms with Crippen LogP contribution in [0.2, 0.25) is 5.02 Å². The van der Waals surface area contributed by atoms with Gasteiger partial charge >= 0.3 is 0 Å². The minimum atomic E-state index is -0.266. The Bertz CT molecular complexity index is 987. The molecule has 1 aliphatic rings. The number of hydrogen-bond acceptors (Lipinski definition) is 5. The molecule has 1 aromatic carbocycles. The number of carbonyl (C=O) groups excluding carboxylic acids is 1. The number of piperidine rings is 1. The van der Waals surface area contributed by atoms with Crippen LogP contribution in [-0.4, -0.2) is 35.6 Å². The number of halogens is 1. The maximum Gasteiger partial charge on any atom is 0.273 e. The van der Waals surface area contributed by atoms with Crippen LogP contribution in [-0.2, 0) is 0 Å². The minimum absolute atomic E-state index is 0.00205. The largest absolute Gasteiger partial charge is 0.465 e. The predicted molar refractivity (Wildman–Crippen MR) is 115 cm³/mol. The average molecular weight is 428 g/mol. The van der Waals surface area contributed by atoms with E-state index in [-0.39, 0.29) is 17.6 Å². The number of nitrogens with one attached hydrogen (secondary N) is 1. The first kappa shape index (κ1) is 20.7. The fourth-order valence-corrected chi connectivity index (χ4v) is 3.92. The van der Waals surface area contributed by atoms with Crippen molar-refractivity contribution in [1.82, 2.24) is 15.4 Å². The number of rotatable bonds is 6. The summed E-state index contributed by atoms with van der Waals surface area (Å²) in [5.41, 5.74) is 1.07. The molecule has 7 heteroatoms. The molecule has 1 atom stereocenters. The van der Waals surface area contributed by atoms with E-state index in [9.17, 15) is 4.79 Å². The zero-order valence-corrected chi connectivity index (χ0v) is 18.0. The van der Waals surface area contributed by atoms with E-state index in [4.69, 9.17) is 20.5 Å². The van der Waals surface area contributed by atoms with Gasteiger partial charge in [0.25, 0.3) is 5.91 Å². The van der Waals surface area contributed by atoms with E-state index in [1.165, 1.54) is 0 Å². The van der Waals surface area contributed by atoms with Gasteiger partial charge in [-0.1, -0.05) is 23.7 Å². The Labute approximate surface area is 181 Å². The molecule has 1 saturated heterocycles. The maximum atomic E-state index is 12.7. The van der Waals surface area contributed by atoms with E-state index in [2.05, 4.69) is 22.3 Å². The summed E-state index contributed by atoms with van der Waals surface area (Å²) in [5.74, 6) is 2.74. The summed E-state index contributed by atoms with van der Waals surface area (Å²) in [6, 6.07) is 12.8. The van der Waals surface area contributed by atoms with Gasteiger partial charge in [0.05, 0.1) is 6.04 Å². The van der Waals surface area contributed by atoms with Crippen molar-refractivity contribution in [3.8, 4) is 11.3 Å². The molecule has 4 rings (SSSR count). The topological polar surface area (TPSA) is 71.5 Å². The highest BCUT2D eigenvalue weighted by atomic mass is 35.5. The zero-order valence-electron chi connectivity index (χ0n) is 17.2. The number of amides is 1. The number of aromatic nitrogens is 1. The molecule has 3 heterocycles. The molecule has 1 unspecified atom stereocenters. The van der Waals surface area contributed by atoms with Gasteiger partial charge in [0.15, 0.2) is 11.5 Å². The van der Waals surface area contributed by atoms with E-state index < -0.39 is 0 Å². The summed E-state index contributed by atoms with van der Waals surface area (Å²) in [7, 11) is 0. The van der Waals surface area contributed by atoms with Crippen molar-refractivity contribution in [1.29, 1.82) is 0 Å². The summed E-state index contributed by atoms with van der Waals surface area (Å²) >= 11 is 5.93. The van der Waals surface area contributed by atoms with Crippen LogP contribution in [0.25, 0.3) is 11.3 Å².